The molecule has 0 aliphatic heterocycles. The first-order chi connectivity index (χ1) is 7.13. The van der Waals surface area contributed by atoms with Crippen molar-refractivity contribution in [2.24, 2.45) is 5.92 Å². The third-order valence-electron chi connectivity index (χ3n) is 2.36. The van der Waals surface area contributed by atoms with E-state index in [0.29, 0.717) is 6.61 Å². The van der Waals surface area contributed by atoms with E-state index in [1.165, 1.54) is 32.1 Å². The van der Waals surface area contributed by atoms with Crippen molar-refractivity contribution in [2.75, 3.05) is 6.61 Å². The average molecular weight is 236 g/mol. The lowest BCUT2D eigenvalue weighted by molar-refractivity contribution is 0.296. The van der Waals surface area contributed by atoms with Gasteiger partial charge < -0.3 is 0 Å². The van der Waals surface area contributed by atoms with Gasteiger partial charge >= 0.3 is 11.4 Å². The highest BCUT2D eigenvalue weighted by Crippen LogP contribution is 2.11. The molecule has 0 aromatic heterocycles. The molecule has 0 bridgehead atoms. The molecule has 0 radical (unpaired) electrons. The summed E-state index contributed by atoms with van der Waals surface area (Å²) in [4.78, 5) is 0. The van der Waals surface area contributed by atoms with Gasteiger partial charge in [-0.1, -0.05) is 52.4 Å². The van der Waals surface area contributed by atoms with Crippen LogP contribution in [0.3, 0.4) is 0 Å². The van der Waals surface area contributed by atoms with E-state index in [-0.39, 0.29) is 0 Å². The molecule has 15 heavy (non-hydrogen) atoms. The summed E-state index contributed by atoms with van der Waals surface area (Å²) in [6, 6.07) is 0. The molecule has 1 N–H and O–H groups in total. The first kappa shape index (κ1) is 15.1. The normalized spacial score (nSPS) is 13.3. The SMILES string of the molecule is CC(C)CCCCCCCCOS(=O)O. The maximum atomic E-state index is 10.1. The summed E-state index contributed by atoms with van der Waals surface area (Å²) >= 11 is -2.08. The van der Waals surface area contributed by atoms with Crippen molar-refractivity contribution in [3.63, 3.8) is 0 Å². The maximum absolute atomic E-state index is 10.1. The minimum absolute atomic E-state index is 0.398. The van der Waals surface area contributed by atoms with Gasteiger partial charge in [0.2, 0.25) is 0 Å². The molecule has 3 nitrogen and oxygen atoms in total. The minimum atomic E-state index is -2.08. The summed E-state index contributed by atoms with van der Waals surface area (Å²) < 4.78 is 23.0. The lowest BCUT2D eigenvalue weighted by Crippen LogP contribution is -1.97. The van der Waals surface area contributed by atoms with Crippen LogP contribution in [0.25, 0.3) is 0 Å². The van der Waals surface area contributed by atoms with E-state index < -0.39 is 11.4 Å². The Bertz CT molecular complexity index is 160. The Labute approximate surface area is 96.1 Å². The zero-order valence-corrected chi connectivity index (χ0v) is 10.7. The van der Waals surface area contributed by atoms with Gasteiger partial charge in [0, 0.05) is 0 Å². The Balaban J connectivity index is 2.96. The van der Waals surface area contributed by atoms with Crippen LogP contribution in [0.4, 0.5) is 0 Å². The Morgan fingerprint density at radius 2 is 1.60 bits per heavy atom. The topological polar surface area (TPSA) is 46.5 Å². The van der Waals surface area contributed by atoms with E-state index in [2.05, 4.69) is 18.0 Å². The number of hydrogen-bond donors (Lipinski definition) is 1. The predicted octanol–water partition coefficient (Wildman–Crippen LogP) is 3.53. The summed E-state index contributed by atoms with van der Waals surface area (Å²) in [5, 5.41) is 0. The van der Waals surface area contributed by atoms with Crippen molar-refractivity contribution in [1.29, 1.82) is 0 Å². The fraction of sp³-hybridized carbons (Fsp3) is 1.00. The minimum Gasteiger partial charge on any atom is -0.284 e. The molecule has 0 aliphatic carbocycles. The standard InChI is InChI=1S/C11H24O3S/c1-11(2)9-7-5-3-4-6-8-10-14-15(12)13/h11H,3-10H2,1-2H3,(H,12,13). The van der Waals surface area contributed by atoms with Gasteiger partial charge in [-0.3, -0.25) is 8.74 Å². The zero-order valence-electron chi connectivity index (χ0n) is 9.91. The van der Waals surface area contributed by atoms with E-state index in [0.717, 1.165) is 18.8 Å². The third kappa shape index (κ3) is 14.1. The molecule has 0 heterocycles. The molecular formula is C11H24O3S. The smallest absolute Gasteiger partial charge is 0.284 e. The van der Waals surface area contributed by atoms with Crippen molar-refractivity contribution in [3.8, 4) is 0 Å². The van der Waals surface area contributed by atoms with Crippen molar-refractivity contribution in [3.05, 3.63) is 0 Å². The Kier molecular flexibility index (Phi) is 10.6. The van der Waals surface area contributed by atoms with Crippen LogP contribution in [-0.2, 0) is 15.5 Å². The number of rotatable bonds is 10. The Morgan fingerprint density at radius 1 is 1.07 bits per heavy atom. The molecule has 0 spiro atoms. The van der Waals surface area contributed by atoms with Crippen molar-refractivity contribution in [2.45, 2.75) is 58.8 Å². The third-order valence-corrected chi connectivity index (χ3v) is 2.73. The Hall–Kier alpha value is 0.0700. The molecule has 0 rings (SSSR count). The molecular weight excluding hydrogens is 212 g/mol. The van der Waals surface area contributed by atoms with Crippen LogP contribution in [0.5, 0.6) is 0 Å². The molecule has 4 heteroatoms. The highest BCUT2D eigenvalue weighted by atomic mass is 32.2. The molecule has 0 fully saturated rings. The van der Waals surface area contributed by atoms with Crippen LogP contribution < -0.4 is 0 Å². The predicted molar refractivity (Wildman–Crippen MR) is 63.9 cm³/mol. The van der Waals surface area contributed by atoms with E-state index in [1.807, 2.05) is 0 Å². The average Bonchev–Trinajstić information content (AvgIpc) is 2.14. The molecule has 0 saturated heterocycles. The largest absolute Gasteiger partial charge is 0.301 e. The van der Waals surface area contributed by atoms with E-state index in [9.17, 15) is 4.21 Å². The van der Waals surface area contributed by atoms with Crippen LogP contribution in [0.1, 0.15) is 58.8 Å². The molecule has 1 atom stereocenters. The lowest BCUT2D eigenvalue weighted by atomic mass is 10.0. The van der Waals surface area contributed by atoms with Gasteiger partial charge in [-0.15, -0.1) is 0 Å². The van der Waals surface area contributed by atoms with E-state index in [1.54, 1.807) is 0 Å². The van der Waals surface area contributed by atoms with Crippen LogP contribution in [0.15, 0.2) is 0 Å². The van der Waals surface area contributed by atoms with Crippen molar-refractivity contribution < 1.29 is 12.9 Å². The summed E-state index contributed by atoms with van der Waals surface area (Å²) in [6.45, 7) is 4.91. The van der Waals surface area contributed by atoms with Gasteiger partial charge in [-0.05, 0) is 12.3 Å². The van der Waals surface area contributed by atoms with Gasteiger partial charge in [-0.2, -0.15) is 4.21 Å². The Morgan fingerprint density at radius 3 is 2.13 bits per heavy atom. The van der Waals surface area contributed by atoms with Crippen LogP contribution >= 0.6 is 0 Å². The zero-order chi connectivity index (χ0) is 11.5. The molecule has 0 saturated carbocycles. The fourth-order valence-electron chi connectivity index (χ4n) is 1.49. The van der Waals surface area contributed by atoms with Crippen molar-refractivity contribution >= 4 is 11.4 Å². The molecule has 92 valence electrons. The van der Waals surface area contributed by atoms with E-state index in [4.69, 9.17) is 4.55 Å². The second-order valence-corrected chi connectivity index (χ2v) is 5.01. The van der Waals surface area contributed by atoms with Gasteiger partial charge in [0.1, 0.15) is 0 Å². The second kappa shape index (κ2) is 10.6. The number of unbranched alkanes of at least 4 members (excludes halogenated alkanes) is 5. The quantitative estimate of drug-likeness (QED) is 0.466. The highest BCUT2D eigenvalue weighted by Gasteiger charge is 1.96. The van der Waals surface area contributed by atoms with Gasteiger partial charge in [0.25, 0.3) is 0 Å². The summed E-state index contributed by atoms with van der Waals surface area (Å²) in [5.74, 6) is 0.818. The number of hydrogen-bond acceptors (Lipinski definition) is 2. The van der Waals surface area contributed by atoms with Gasteiger partial charge in [0.05, 0.1) is 6.61 Å². The van der Waals surface area contributed by atoms with E-state index >= 15 is 0 Å². The summed E-state index contributed by atoms with van der Waals surface area (Å²) in [6.07, 6.45) is 8.43. The van der Waals surface area contributed by atoms with Gasteiger partial charge in [-0.25, -0.2) is 0 Å². The molecule has 0 amide bonds. The highest BCUT2D eigenvalue weighted by molar-refractivity contribution is 7.74. The molecule has 1 unspecified atom stereocenters. The molecule has 0 aromatic carbocycles. The van der Waals surface area contributed by atoms with Crippen LogP contribution in [0.2, 0.25) is 0 Å². The lowest BCUT2D eigenvalue weighted by Gasteiger charge is -2.04. The molecule has 0 aliphatic rings. The fourth-order valence-corrected chi connectivity index (χ4v) is 1.75. The van der Waals surface area contributed by atoms with Gasteiger partial charge in [0.15, 0.2) is 0 Å². The summed E-state index contributed by atoms with van der Waals surface area (Å²) in [7, 11) is 0. The monoisotopic (exact) mass is 236 g/mol. The first-order valence-corrected chi connectivity index (χ1v) is 6.90. The van der Waals surface area contributed by atoms with Crippen molar-refractivity contribution in [1.82, 2.24) is 0 Å². The summed E-state index contributed by atoms with van der Waals surface area (Å²) in [5.41, 5.74) is 0. The first-order valence-electron chi connectivity index (χ1n) is 5.87. The maximum Gasteiger partial charge on any atom is 0.301 e. The van der Waals surface area contributed by atoms with Crippen LogP contribution in [0, 0.1) is 5.92 Å². The second-order valence-electron chi connectivity index (χ2n) is 4.34. The molecule has 0 aromatic rings. The van der Waals surface area contributed by atoms with Crippen LogP contribution in [-0.4, -0.2) is 15.4 Å².